The zero-order valence-corrected chi connectivity index (χ0v) is 8.42. The minimum atomic E-state index is 0.696. The summed E-state index contributed by atoms with van der Waals surface area (Å²) in [6, 6.07) is 1.83. The van der Waals surface area contributed by atoms with Crippen LogP contribution in [0.25, 0.3) is 0 Å². The lowest BCUT2D eigenvalue weighted by Gasteiger charge is -1.97. The van der Waals surface area contributed by atoms with E-state index in [1.165, 1.54) is 0 Å². The molecule has 0 N–H and O–H groups in total. The van der Waals surface area contributed by atoms with Gasteiger partial charge in [0.05, 0.1) is 5.02 Å². The number of thioether (sulfide) groups is 1. The van der Waals surface area contributed by atoms with Gasteiger partial charge in [-0.2, -0.15) is 0 Å². The standard InChI is InChI=1S/C6H5BrClNS/c1-10-6-5(8)2-4(7)3-9-6/h2-3H,1H3. The van der Waals surface area contributed by atoms with Crippen LogP contribution in [-0.2, 0) is 0 Å². The van der Waals surface area contributed by atoms with Crippen LogP contribution in [0.4, 0.5) is 0 Å². The van der Waals surface area contributed by atoms with Gasteiger partial charge in [-0.15, -0.1) is 11.8 Å². The maximum Gasteiger partial charge on any atom is 0.114 e. The van der Waals surface area contributed by atoms with E-state index in [0.29, 0.717) is 5.02 Å². The molecule has 0 amide bonds. The van der Waals surface area contributed by atoms with E-state index < -0.39 is 0 Å². The molecule has 1 nitrogen and oxygen atoms in total. The Labute approximate surface area is 77.3 Å². The van der Waals surface area contributed by atoms with Crippen molar-refractivity contribution in [2.45, 2.75) is 5.03 Å². The van der Waals surface area contributed by atoms with E-state index >= 15 is 0 Å². The first-order valence-corrected chi connectivity index (χ1v) is 4.98. The van der Waals surface area contributed by atoms with Crippen LogP contribution in [0.2, 0.25) is 5.02 Å². The third kappa shape index (κ3) is 1.87. The van der Waals surface area contributed by atoms with Gasteiger partial charge in [-0.25, -0.2) is 4.98 Å². The Morgan fingerprint density at radius 1 is 1.70 bits per heavy atom. The van der Waals surface area contributed by atoms with Crippen LogP contribution in [0.1, 0.15) is 0 Å². The molecular weight excluding hydrogens is 233 g/mol. The predicted molar refractivity (Wildman–Crippen MR) is 48.7 cm³/mol. The van der Waals surface area contributed by atoms with Crippen LogP contribution in [0.5, 0.6) is 0 Å². The lowest BCUT2D eigenvalue weighted by molar-refractivity contribution is 1.13. The summed E-state index contributed by atoms with van der Waals surface area (Å²) in [5.74, 6) is 0. The number of aromatic nitrogens is 1. The Kier molecular flexibility index (Phi) is 3.01. The van der Waals surface area contributed by atoms with E-state index in [1.807, 2.05) is 12.3 Å². The summed E-state index contributed by atoms with van der Waals surface area (Å²) < 4.78 is 0.912. The molecule has 1 aromatic rings. The van der Waals surface area contributed by atoms with E-state index in [0.717, 1.165) is 9.50 Å². The average Bonchev–Trinajstić information content (AvgIpc) is 1.88. The smallest absolute Gasteiger partial charge is 0.114 e. The van der Waals surface area contributed by atoms with Crippen LogP contribution in [0.15, 0.2) is 21.8 Å². The Morgan fingerprint density at radius 3 is 2.90 bits per heavy atom. The molecule has 54 valence electrons. The van der Waals surface area contributed by atoms with Crippen LogP contribution >= 0.6 is 39.3 Å². The molecule has 0 aliphatic carbocycles. The summed E-state index contributed by atoms with van der Waals surface area (Å²) >= 11 is 10.6. The van der Waals surface area contributed by atoms with Gasteiger partial charge in [-0.05, 0) is 28.3 Å². The third-order valence-corrected chi connectivity index (χ3v) is 2.51. The Balaban J connectivity index is 3.07. The van der Waals surface area contributed by atoms with Crippen molar-refractivity contribution < 1.29 is 0 Å². The first-order valence-electron chi connectivity index (χ1n) is 2.59. The van der Waals surface area contributed by atoms with E-state index in [1.54, 1.807) is 18.0 Å². The highest BCUT2D eigenvalue weighted by Crippen LogP contribution is 2.24. The van der Waals surface area contributed by atoms with Gasteiger partial charge in [0, 0.05) is 10.7 Å². The fourth-order valence-corrected chi connectivity index (χ4v) is 1.83. The number of nitrogens with zero attached hydrogens (tertiary/aromatic N) is 1. The van der Waals surface area contributed by atoms with Gasteiger partial charge in [0.15, 0.2) is 0 Å². The largest absolute Gasteiger partial charge is 0.247 e. The molecule has 1 heterocycles. The fraction of sp³-hybridized carbons (Fsp3) is 0.167. The van der Waals surface area contributed by atoms with Crippen molar-refractivity contribution in [2.24, 2.45) is 0 Å². The number of hydrogen-bond donors (Lipinski definition) is 0. The molecule has 0 spiro atoms. The average molecular weight is 239 g/mol. The maximum atomic E-state index is 5.82. The number of rotatable bonds is 1. The summed E-state index contributed by atoms with van der Waals surface area (Å²) in [4.78, 5) is 4.08. The van der Waals surface area contributed by atoms with Crippen molar-refractivity contribution in [1.82, 2.24) is 4.98 Å². The molecule has 10 heavy (non-hydrogen) atoms. The molecule has 0 atom stereocenters. The van der Waals surface area contributed by atoms with E-state index in [2.05, 4.69) is 20.9 Å². The summed E-state index contributed by atoms with van der Waals surface area (Å²) in [7, 11) is 0. The van der Waals surface area contributed by atoms with Crippen molar-refractivity contribution in [3.63, 3.8) is 0 Å². The second kappa shape index (κ2) is 3.60. The zero-order valence-electron chi connectivity index (χ0n) is 5.27. The van der Waals surface area contributed by atoms with Gasteiger partial charge in [0.2, 0.25) is 0 Å². The van der Waals surface area contributed by atoms with Gasteiger partial charge in [0.1, 0.15) is 5.03 Å². The van der Waals surface area contributed by atoms with E-state index in [9.17, 15) is 0 Å². The molecular formula is C6H5BrClNS. The minimum absolute atomic E-state index is 0.696. The van der Waals surface area contributed by atoms with Gasteiger partial charge < -0.3 is 0 Å². The SMILES string of the molecule is CSc1ncc(Br)cc1Cl. The molecule has 0 fully saturated rings. The molecule has 0 unspecified atom stereocenters. The highest BCUT2D eigenvalue weighted by Gasteiger charge is 1.98. The molecule has 0 bridgehead atoms. The maximum absolute atomic E-state index is 5.82. The Hall–Kier alpha value is 0.270. The van der Waals surface area contributed by atoms with Crippen LogP contribution in [0.3, 0.4) is 0 Å². The normalized spacial score (nSPS) is 9.90. The first-order chi connectivity index (χ1) is 4.74. The molecule has 0 aromatic carbocycles. The van der Waals surface area contributed by atoms with E-state index in [4.69, 9.17) is 11.6 Å². The molecule has 4 heteroatoms. The topological polar surface area (TPSA) is 12.9 Å². The third-order valence-electron chi connectivity index (χ3n) is 0.967. The number of hydrogen-bond acceptors (Lipinski definition) is 2. The van der Waals surface area contributed by atoms with Gasteiger partial charge in [-0.1, -0.05) is 11.6 Å². The quantitative estimate of drug-likeness (QED) is 0.697. The second-order valence-corrected chi connectivity index (χ2v) is 3.76. The minimum Gasteiger partial charge on any atom is -0.247 e. The second-order valence-electron chi connectivity index (χ2n) is 1.64. The van der Waals surface area contributed by atoms with Crippen molar-refractivity contribution in [1.29, 1.82) is 0 Å². The molecule has 1 rings (SSSR count). The molecule has 0 saturated heterocycles. The van der Waals surface area contributed by atoms with E-state index in [-0.39, 0.29) is 0 Å². The Bertz CT molecular complexity index is 241. The zero-order chi connectivity index (χ0) is 7.56. The molecule has 0 radical (unpaired) electrons. The first kappa shape index (κ1) is 8.37. The van der Waals surface area contributed by atoms with Gasteiger partial charge in [0.25, 0.3) is 0 Å². The van der Waals surface area contributed by atoms with Crippen molar-refractivity contribution >= 4 is 39.3 Å². The Morgan fingerprint density at radius 2 is 2.40 bits per heavy atom. The molecule has 0 aliphatic heterocycles. The highest BCUT2D eigenvalue weighted by molar-refractivity contribution is 9.10. The monoisotopic (exact) mass is 237 g/mol. The van der Waals surface area contributed by atoms with Gasteiger partial charge in [-0.3, -0.25) is 0 Å². The number of halogens is 2. The highest BCUT2D eigenvalue weighted by atomic mass is 79.9. The van der Waals surface area contributed by atoms with Crippen LogP contribution in [-0.4, -0.2) is 11.2 Å². The lowest BCUT2D eigenvalue weighted by atomic mass is 10.5. The summed E-state index contributed by atoms with van der Waals surface area (Å²) in [5.41, 5.74) is 0. The lowest BCUT2D eigenvalue weighted by Crippen LogP contribution is -1.78. The molecule has 1 aromatic heterocycles. The number of pyridine rings is 1. The predicted octanol–water partition coefficient (Wildman–Crippen LogP) is 3.22. The van der Waals surface area contributed by atoms with Crippen LogP contribution in [0, 0.1) is 0 Å². The van der Waals surface area contributed by atoms with Crippen molar-refractivity contribution in [2.75, 3.05) is 6.26 Å². The van der Waals surface area contributed by atoms with Crippen LogP contribution < -0.4 is 0 Å². The molecule has 0 saturated carbocycles. The summed E-state index contributed by atoms with van der Waals surface area (Å²) in [5, 5.41) is 1.56. The molecule has 0 aliphatic rings. The summed E-state index contributed by atoms with van der Waals surface area (Å²) in [6.07, 6.45) is 3.68. The van der Waals surface area contributed by atoms with Crippen molar-refractivity contribution in [3.8, 4) is 0 Å². The van der Waals surface area contributed by atoms with Gasteiger partial charge >= 0.3 is 0 Å². The summed E-state index contributed by atoms with van der Waals surface area (Å²) in [6.45, 7) is 0. The van der Waals surface area contributed by atoms with Crippen molar-refractivity contribution in [3.05, 3.63) is 21.8 Å². The fourth-order valence-electron chi connectivity index (χ4n) is 0.552.